The molecule has 0 radical (unpaired) electrons. The molecule has 8 nitrogen and oxygen atoms in total. The van der Waals surface area contributed by atoms with E-state index in [4.69, 9.17) is 14.7 Å². The minimum atomic E-state index is -1.08. The lowest BCUT2D eigenvalue weighted by Crippen LogP contribution is -2.47. The van der Waals surface area contributed by atoms with Crippen LogP contribution in [-0.2, 0) is 9.53 Å². The quantitative estimate of drug-likeness (QED) is 0.515. The van der Waals surface area contributed by atoms with Gasteiger partial charge in [-0.2, -0.15) is 5.26 Å². The highest BCUT2D eigenvalue weighted by Gasteiger charge is 2.30. The Bertz CT molecular complexity index is 1170. The summed E-state index contributed by atoms with van der Waals surface area (Å²) in [6.07, 6.45) is 0.655. The SMILES string of the molecule is COCCCNC(=O)[C@H](C#N)c1nc2ccccc2nc1N1CCN(c2ccc(F)cc2)CC1. The first kappa shape index (κ1) is 23.4. The fourth-order valence-electron chi connectivity index (χ4n) is 4.03. The standard InChI is InChI=1S/C25H27FN6O2/c1-34-16-4-11-28-25(33)20(17-27)23-24(30-22-6-3-2-5-21(22)29-23)32-14-12-31(13-15-32)19-9-7-18(26)8-10-19/h2-3,5-10,20H,4,11-16H2,1H3,(H,28,33)/t20-/m1/s1. The summed E-state index contributed by atoms with van der Waals surface area (Å²) < 4.78 is 18.3. The van der Waals surface area contributed by atoms with Crippen LogP contribution in [0.2, 0.25) is 0 Å². The van der Waals surface area contributed by atoms with Crippen molar-refractivity contribution < 1.29 is 13.9 Å². The molecule has 3 aromatic rings. The third kappa shape index (κ3) is 5.24. The Morgan fingerprint density at radius 1 is 1.09 bits per heavy atom. The maximum absolute atomic E-state index is 13.3. The van der Waals surface area contributed by atoms with Crippen LogP contribution in [0.15, 0.2) is 48.5 Å². The maximum atomic E-state index is 13.3. The van der Waals surface area contributed by atoms with Crippen LogP contribution < -0.4 is 15.1 Å². The number of nitriles is 1. The predicted molar refractivity (Wildman–Crippen MR) is 128 cm³/mol. The molecule has 0 aliphatic carbocycles. The fourth-order valence-corrected chi connectivity index (χ4v) is 4.03. The van der Waals surface area contributed by atoms with Crippen molar-refractivity contribution >= 4 is 28.4 Å². The van der Waals surface area contributed by atoms with Crippen molar-refractivity contribution in [1.82, 2.24) is 15.3 Å². The monoisotopic (exact) mass is 462 g/mol. The van der Waals surface area contributed by atoms with E-state index in [2.05, 4.69) is 21.2 Å². The van der Waals surface area contributed by atoms with Crippen molar-refractivity contribution in [1.29, 1.82) is 5.26 Å². The summed E-state index contributed by atoms with van der Waals surface area (Å²) in [4.78, 5) is 26.6. The summed E-state index contributed by atoms with van der Waals surface area (Å²) in [6.45, 7) is 3.59. The molecule has 1 fully saturated rings. The van der Waals surface area contributed by atoms with Crippen molar-refractivity contribution in [3.05, 3.63) is 60.0 Å². The second-order valence-corrected chi connectivity index (χ2v) is 8.07. The number of benzene rings is 2. The molecule has 0 saturated carbocycles. The summed E-state index contributed by atoms with van der Waals surface area (Å²) in [7, 11) is 1.60. The number of para-hydroxylation sites is 2. The molecule has 0 unspecified atom stereocenters. The highest BCUT2D eigenvalue weighted by molar-refractivity contribution is 5.88. The molecule has 34 heavy (non-hydrogen) atoms. The zero-order valence-corrected chi connectivity index (χ0v) is 19.1. The summed E-state index contributed by atoms with van der Waals surface area (Å²) in [5.74, 6) is -1.18. The number of hydrogen-bond acceptors (Lipinski definition) is 7. The Morgan fingerprint density at radius 2 is 1.74 bits per heavy atom. The van der Waals surface area contributed by atoms with Gasteiger partial charge in [-0.25, -0.2) is 14.4 Å². The van der Waals surface area contributed by atoms with Crippen molar-refractivity contribution in [2.75, 3.05) is 56.2 Å². The molecule has 1 aliphatic rings. The van der Waals surface area contributed by atoms with Gasteiger partial charge in [-0.1, -0.05) is 12.1 Å². The van der Waals surface area contributed by atoms with Gasteiger partial charge in [-0.15, -0.1) is 0 Å². The molecular formula is C25H27FN6O2. The number of aromatic nitrogens is 2. The first-order valence-corrected chi connectivity index (χ1v) is 11.3. The summed E-state index contributed by atoms with van der Waals surface area (Å²) >= 11 is 0. The molecule has 1 N–H and O–H groups in total. The van der Waals surface area contributed by atoms with E-state index in [1.54, 1.807) is 19.2 Å². The second kappa shape index (κ2) is 10.9. The first-order valence-electron chi connectivity index (χ1n) is 11.3. The first-order chi connectivity index (χ1) is 16.6. The molecule has 1 amide bonds. The number of amides is 1. The van der Waals surface area contributed by atoms with Gasteiger partial charge in [0, 0.05) is 52.1 Å². The highest BCUT2D eigenvalue weighted by atomic mass is 19.1. The lowest BCUT2D eigenvalue weighted by Gasteiger charge is -2.37. The van der Waals surface area contributed by atoms with Crippen LogP contribution in [0.1, 0.15) is 18.0 Å². The van der Waals surface area contributed by atoms with Gasteiger partial charge in [-0.05, 0) is 42.8 Å². The molecule has 4 rings (SSSR count). The van der Waals surface area contributed by atoms with Crippen molar-refractivity contribution in [3.63, 3.8) is 0 Å². The molecular weight excluding hydrogens is 435 g/mol. The number of fused-ring (bicyclic) bond motifs is 1. The van der Waals surface area contributed by atoms with Crippen LogP contribution in [0.3, 0.4) is 0 Å². The molecule has 2 heterocycles. The molecule has 1 aromatic heterocycles. The Kier molecular flexibility index (Phi) is 7.50. The normalized spacial score (nSPS) is 14.6. The van der Waals surface area contributed by atoms with E-state index in [1.807, 2.05) is 24.3 Å². The summed E-state index contributed by atoms with van der Waals surface area (Å²) in [5.41, 5.74) is 2.66. The van der Waals surface area contributed by atoms with Gasteiger partial charge < -0.3 is 19.9 Å². The van der Waals surface area contributed by atoms with E-state index >= 15 is 0 Å². The Morgan fingerprint density at radius 3 is 2.38 bits per heavy atom. The number of piperazine rings is 1. The number of rotatable bonds is 8. The Hall–Kier alpha value is -3.77. The summed E-state index contributed by atoms with van der Waals surface area (Å²) in [6, 6.07) is 16.0. The highest BCUT2D eigenvalue weighted by Crippen LogP contribution is 2.29. The molecule has 9 heteroatoms. The number of carbonyl (C=O) groups is 1. The Balaban J connectivity index is 1.59. The van der Waals surface area contributed by atoms with Crippen LogP contribution in [-0.4, -0.2) is 62.3 Å². The number of anilines is 2. The fraction of sp³-hybridized carbons (Fsp3) is 0.360. The smallest absolute Gasteiger partial charge is 0.243 e. The third-order valence-electron chi connectivity index (χ3n) is 5.84. The summed E-state index contributed by atoms with van der Waals surface area (Å²) in [5, 5.41) is 12.7. The largest absolute Gasteiger partial charge is 0.385 e. The molecule has 0 spiro atoms. The van der Waals surface area contributed by atoms with E-state index in [-0.39, 0.29) is 5.82 Å². The lowest BCUT2D eigenvalue weighted by atomic mass is 10.0. The van der Waals surface area contributed by atoms with Gasteiger partial charge in [0.15, 0.2) is 11.7 Å². The van der Waals surface area contributed by atoms with Crippen LogP contribution in [0.5, 0.6) is 0 Å². The van der Waals surface area contributed by atoms with E-state index < -0.39 is 11.8 Å². The predicted octanol–water partition coefficient (Wildman–Crippen LogP) is 2.86. The zero-order chi connectivity index (χ0) is 23.9. The van der Waals surface area contributed by atoms with Crippen LogP contribution in [0.4, 0.5) is 15.9 Å². The zero-order valence-electron chi connectivity index (χ0n) is 19.1. The average molecular weight is 463 g/mol. The topological polar surface area (TPSA) is 94.4 Å². The molecule has 1 atom stereocenters. The number of nitrogens with one attached hydrogen (secondary N) is 1. The van der Waals surface area contributed by atoms with Gasteiger partial charge in [-0.3, -0.25) is 4.79 Å². The van der Waals surface area contributed by atoms with Gasteiger partial charge in [0.05, 0.1) is 17.1 Å². The van der Waals surface area contributed by atoms with Gasteiger partial charge in [0.2, 0.25) is 5.91 Å². The van der Waals surface area contributed by atoms with Crippen LogP contribution in [0.25, 0.3) is 11.0 Å². The number of hydrogen-bond donors (Lipinski definition) is 1. The molecule has 0 bridgehead atoms. The minimum absolute atomic E-state index is 0.262. The molecule has 176 valence electrons. The lowest BCUT2D eigenvalue weighted by molar-refractivity contribution is -0.121. The Labute approximate surface area is 198 Å². The van der Waals surface area contributed by atoms with Gasteiger partial charge in [0.1, 0.15) is 11.5 Å². The van der Waals surface area contributed by atoms with Crippen molar-refractivity contribution in [2.24, 2.45) is 0 Å². The van der Waals surface area contributed by atoms with Gasteiger partial charge in [0.25, 0.3) is 0 Å². The number of ether oxygens (including phenoxy) is 1. The second-order valence-electron chi connectivity index (χ2n) is 8.07. The van der Waals surface area contributed by atoms with E-state index in [9.17, 15) is 14.4 Å². The number of methoxy groups -OCH3 is 1. The van der Waals surface area contributed by atoms with E-state index in [0.29, 0.717) is 68.3 Å². The maximum Gasteiger partial charge on any atom is 0.243 e. The molecule has 1 aliphatic heterocycles. The van der Waals surface area contributed by atoms with Crippen molar-refractivity contribution in [3.8, 4) is 6.07 Å². The molecule has 1 saturated heterocycles. The number of nitrogens with zero attached hydrogens (tertiary/aromatic N) is 5. The average Bonchev–Trinajstić information content (AvgIpc) is 2.87. The van der Waals surface area contributed by atoms with Crippen LogP contribution in [0, 0.1) is 17.1 Å². The van der Waals surface area contributed by atoms with Gasteiger partial charge >= 0.3 is 0 Å². The third-order valence-corrected chi connectivity index (χ3v) is 5.84. The minimum Gasteiger partial charge on any atom is -0.385 e. The van der Waals surface area contributed by atoms with Crippen LogP contribution >= 0.6 is 0 Å². The van der Waals surface area contributed by atoms with E-state index in [0.717, 1.165) is 5.69 Å². The number of carbonyl (C=O) groups excluding carboxylic acids is 1. The van der Waals surface area contributed by atoms with Crippen molar-refractivity contribution in [2.45, 2.75) is 12.3 Å². The van der Waals surface area contributed by atoms with E-state index in [1.165, 1.54) is 12.1 Å². The number of halogens is 1. The molecule has 2 aromatic carbocycles.